The van der Waals surface area contributed by atoms with Gasteiger partial charge < -0.3 is 0 Å². The van der Waals surface area contributed by atoms with Gasteiger partial charge in [0, 0.05) is 0 Å². The molecule has 3 N–H and O–H groups in total. The fraction of sp³-hybridized carbons (Fsp3) is 0. The first-order chi connectivity index (χ1) is 3.29. The molecule has 1 aromatic heterocycles. The van der Waals surface area contributed by atoms with Crippen molar-refractivity contribution in [3.05, 3.63) is 10.5 Å². The lowest BCUT2D eigenvalue weighted by Crippen LogP contribution is -2.00. The van der Waals surface area contributed by atoms with Crippen molar-refractivity contribution in [3.8, 4) is 0 Å². The predicted octanol–water partition coefficient (Wildman–Crippen LogP) is 0.798. The van der Waals surface area contributed by atoms with Gasteiger partial charge in [0.05, 0.1) is 0 Å². The van der Waals surface area contributed by atoms with E-state index in [-0.39, 0.29) is 0 Å². The molecule has 0 aliphatic heterocycles. The minimum atomic E-state index is 0.644. The normalized spacial score (nSPS) is 9.29. The van der Waals surface area contributed by atoms with Crippen LogP contribution in [0, 0.1) is 0 Å². The maximum absolute atomic E-state index is 5.47. The van der Waals surface area contributed by atoms with Crippen molar-refractivity contribution in [1.29, 1.82) is 0 Å². The molecule has 4 heteroatoms. The van der Waals surface area contributed by atoms with Crippen LogP contribution in [0.25, 0.3) is 0 Å². The molecule has 7 heavy (non-hydrogen) atoms. The van der Waals surface area contributed by atoms with Gasteiger partial charge in [-0.15, -0.1) is 0 Å². The van der Waals surface area contributed by atoms with Crippen LogP contribution >= 0.6 is 22.9 Å². The summed E-state index contributed by atoms with van der Waals surface area (Å²) >= 11 is 6.80. The van der Waals surface area contributed by atoms with Crippen molar-refractivity contribution < 1.29 is 4.98 Å². The van der Waals surface area contributed by atoms with Gasteiger partial charge in [0.2, 0.25) is 0 Å². The number of nitrogens with two attached hydrogens (primary N) is 1. The van der Waals surface area contributed by atoms with E-state index in [0.717, 1.165) is 0 Å². The third-order valence-electron chi connectivity index (χ3n) is 0.535. The number of aromatic amines is 1. The van der Waals surface area contributed by atoms with Gasteiger partial charge in [-0.05, 0) is 11.3 Å². The number of H-pyrrole nitrogens is 1. The third kappa shape index (κ3) is 1.04. The first-order valence-corrected chi connectivity index (χ1v) is 2.91. The monoisotopic (exact) mass is 135 g/mol. The second-order valence-electron chi connectivity index (χ2n) is 1.06. The maximum Gasteiger partial charge on any atom is 0.330 e. The van der Waals surface area contributed by atoms with Gasteiger partial charge in [-0.3, -0.25) is 5.73 Å². The Bertz CT molecular complexity index is 145. The molecule has 0 aliphatic carbocycles. The highest BCUT2D eigenvalue weighted by Crippen LogP contribution is 2.15. The smallest absolute Gasteiger partial charge is 0.278 e. The van der Waals surface area contributed by atoms with Crippen molar-refractivity contribution in [1.82, 2.24) is 0 Å². The summed E-state index contributed by atoms with van der Waals surface area (Å²) in [6.07, 6.45) is 1.65. The van der Waals surface area contributed by atoms with E-state index in [9.17, 15) is 0 Å². The summed E-state index contributed by atoms with van der Waals surface area (Å²) < 4.78 is 0.692. The lowest BCUT2D eigenvalue weighted by atomic mass is 11.0. The Morgan fingerprint density at radius 3 is 2.71 bits per heavy atom. The number of hydrogen-bond donors (Lipinski definition) is 1. The zero-order valence-corrected chi connectivity index (χ0v) is 5.01. The van der Waals surface area contributed by atoms with Crippen molar-refractivity contribution in [2.45, 2.75) is 0 Å². The molecule has 0 saturated heterocycles. The number of nitrogen functional groups attached to an aromatic ring is 1. The quantitative estimate of drug-likeness (QED) is 0.562. The Kier molecular flexibility index (Phi) is 1.17. The molecule has 0 saturated carbocycles. The summed E-state index contributed by atoms with van der Waals surface area (Å²) in [5.41, 5.74) is 5.26. The van der Waals surface area contributed by atoms with E-state index in [1.807, 2.05) is 0 Å². The summed E-state index contributed by atoms with van der Waals surface area (Å²) in [5.74, 6) is 0. The average Bonchev–Trinajstić information content (AvgIpc) is 1.87. The molecule has 0 fully saturated rings. The Hall–Kier alpha value is -0.280. The lowest BCUT2D eigenvalue weighted by Gasteiger charge is -1.60. The van der Waals surface area contributed by atoms with E-state index in [1.54, 1.807) is 6.20 Å². The van der Waals surface area contributed by atoms with Crippen LogP contribution in [0.5, 0.6) is 0 Å². The molecule has 1 rings (SSSR count). The van der Waals surface area contributed by atoms with Crippen LogP contribution in [0.3, 0.4) is 0 Å². The topological polar surface area (TPSA) is 40.2 Å². The molecule has 1 heterocycles. The third-order valence-corrected chi connectivity index (χ3v) is 1.53. The van der Waals surface area contributed by atoms with E-state index in [4.69, 9.17) is 17.3 Å². The SMILES string of the molecule is Nc1[nH+]cc(Cl)s1. The second-order valence-corrected chi connectivity index (χ2v) is 2.77. The first kappa shape index (κ1) is 4.87. The summed E-state index contributed by atoms with van der Waals surface area (Å²) in [4.78, 5) is 2.73. The van der Waals surface area contributed by atoms with Crippen LogP contribution in [0.15, 0.2) is 6.20 Å². The molecule has 0 aromatic carbocycles. The fourth-order valence-electron chi connectivity index (χ4n) is 0.292. The van der Waals surface area contributed by atoms with Crippen molar-refractivity contribution in [2.75, 3.05) is 5.73 Å². The highest BCUT2D eigenvalue weighted by molar-refractivity contribution is 7.18. The molecule has 0 radical (unpaired) electrons. The molecule has 1 aromatic rings. The molecule has 2 nitrogen and oxygen atoms in total. The highest BCUT2D eigenvalue weighted by atomic mass is 35.5. The number of nitrogens with one attached hydrogen (secondary N) is 1. The second kappa shape index (κ2) is 1.68. The van der Waals surface area contributed by atoms with E-state index < -0.39 is 0 Å². The number of anilines is 1. The van der Waals surface area contributed by atoms with Gasteiger partial charge in [0.15, 0.2) is 0 Å². The molecular formula is C3H4ClN2S+. The zero-order valence-electron chi connectivity index (χ0n) is 3.44. The van der Waals surface area contributed by atoms with Crippen LogP contribution in [-0.2, 0) is 0 Å². The number of rotatable bonds is 0. The summed E-state index contributed by atoms with van der Waals surface area (Å²) in [6.45, 7) is 0. The number of hydrogen-bond acceptors (Lipinski definition) is 2. The van der Waals surface area contributed by atoms with Crippen LogP contribution in [-0.4, -0.2) is 0 Å². The van der Waals surface area contributed by atoms with Gasteiger partial charge in [-0.25, -0.2) is 4.98 Å². The molecule has 0 bridgehead atoms. The minimum absolute atomic E-state index is 0.644. The molecule has 0 atom stereocenters. The Morgan fingerprint density at radius 2 is 2.57 bits per heavy atom. The standard InChI is InChI=1S/C3H3ClN2S/c4-2-1-6-3(5)7-2/h1H,(H2,5,6)/p+1. The van der Waals surface area contributed by atoms with E-state index in [1.165, 1.54) is 11.3 Å². The summed E-state index contributed by atoms with van der Waals surface area (Å²) in [7, 11) is 0. The van der Waals surface area contributed by atoms with E-state index in [0.29, 0.717) is 9.47 Å². The van der Waals surface area contributed by atoms with Gasteiger partial charge >= 0.3 is 5.13 Å². The summed E-state index contributed by atoms with van der Waals surface area (Å²) in [6, 6.07) is 0. The average molecular weight is 136 g/mol. The van der Waals surface area contributed by atoms with E-state index in [2.05, 4.69) is 4.98 Å². The zero-order chi connectivity index (χ0) is 5.28. The predicted molar refractivity (Wildman–Crippen MR) is 30.3 cm³/mol. The number of thiazole rings is 1. The maximum atomic E-state index is 5.47. The lowest BCUT2D eigenvalue weighted by molar-refractivity contribution is -0.353. The first-order valence-electron chi connectivity index (χ1n) is 1.71. The number of halogens is 1. The van der Waals surface area contributed by atoms with Gasteiger partial charge in [-0.1, -0.05) is 11.6 Å². The molecule has 0 unspecified atom stereocenters. The van der Waals surface area contributed by atoms with Crippen molar-refractivity contribution in [3.63, 3.8) is 0 Å². The van der Waals surface area contributed by atoms with E-state index >= 15 is 0 Å². The van der Waals surface area contributed by atoms with Gasteiger partial charge in [-0.2, -0.15) is 0 Å². The molecule has 0 aliphatic rings. The number of aromatic nitrogens is 1. The largest absolute Gasteiger partial charge is 0.330 e. The molecule has 38 valence electrons. The molecule has 0 amide bonds. The van der Waals surface area contributed by atoms with Crippen LogP contribution < -0.4 is 10.7 Å². The van der Waals surface area contributed by atoms with Gasteiger partial charge in [0.1, 0.15) is 10.5 Å². The van der Waals surface area contributed by atoms with Crippen molar-refractivity contribution >= 4 is 28.1 Å². The van der Waals surface area contributed by atoms with Gasteiger partial charge in [0.25, 0.3) is 0 Å². The van der Waals surface area contributed by atoms with Crippen LogP contribution in [0.1, 0.15) is 0 Å². The minimum Gasteiger partial charge on any atom is -0.278 e. The Balaban J connectivity index is 3.04. The molecular weight excluding hydrogens is 132 g/mol. The highest BCUT2D eigenvalue weighted by Gasteiger charge is 1.95. The van der Waals surface area contributed by atoms with Crippen LogP contribution in [0.2, 0.25) is 4.34 Å². The molecule has 0 spiro atoms. The fourth-order valence-corrected chi connectivity index (χ4v) is 1.04. The van der Waals surface area contributed by atoms with Crippen molar-refractivity contribution in [2.24, 2.45) is 0 Å². The Labute approximate surface area is 49.9 Å². The summed E-state index contributed by atoms with van der Waals surface area (Å²) in [5, 5.41) is 0.644. The van der Waals surface area contributed by atoms with Crippen LogP contribution in [0.4, 0.5) is 5.13 Å². The Morgan fingerprint density at radius 1 is 1.86 bits per heavy atom.